The summed E-state index contributed by atoms with van der Waals surface area (Å²) in [6, 6.07) is 0. The maximum atomic E-state index is 6.12. The van der Waals surface area contributed by atoms with E-state index in [2.05, 4.69) is 15.9 Å². The van der Waals surface area contributed by atoms with Crippen molar-refractivity contribution < 1.29 is 28.4 Å². The number of hydrogen-bond donors (Lipinski definition) is 0. The van der Waals surface area contributed by atoms with Crippen molar-refractivity contribution in [1.29, 1.82) is 0 Å². The number of hydrogen-bond acceptors (Lipinski definition) is 6. The lowest BCUT2D eigenvalue weighted by molar-refractivity contribution is -0.247. The molecule has 0 amide bonds. The summed E-state index contributed by atoms with van der Waals surface area (Å²) in [5.74, 6) is -1.23. The first-order valence-corrected chi connectivity index (χ1v) is 9.94. The summed E-state index contributed by atoms with van der Waals surface area (Å²) in [4.78, 5) is 0. The summed E-state index contributed by atoms with van der Waals surface area (Å²) in [6.07, 6.45) is 2.03. The van der Waals surface area contributed by atoms with Crippen LogP contribution in [-0.2, 0) is 28.4 Å². The van der Waals surface area contributed by atoms with E-state index in [0.717, 1.165) is 24.6 Å². The van der Waals surface area contributed by atoms with Crippen molar-refractivity contribution in [3.05, 3.63) is 0 Å². The Hall–Kier alpha value is 0.240. The standard InChI is InChI=1S/C17H29BrO6/c1-16(2)20-10-11(22-16)12-13-14(24-17(3,4)23-13)15(21-12)19-9-7-5-6-8-18/h11-15H,5-10H2,1-4H3/t11-,12-,13+,14+,15+/m1/s1. The second-order valence-electron chi connectivity index (χ2n) is 7.52. The Morgan fingerprint density at radius 2 is 1.67 bits per heavy atom. The molecule has 6 nitrogen and oxygen atoms in total. The van der Waals surface area contributed by atoms with E-state index in [9.17, 15) is 0 Å². The molecule has 0 saturated carbocycles. The monoisotopic (exact) mass is 408 g/mol. The summed E-state index contributed by atoms with van der Waals surface area (Å²) in [6.45, 7) is 8.81. The fourth-order valence-electron chi connectivity index (χ4n) is 3.47. The molecule has 3 heterocycles. The molecule has 0 aliphatic carbocycles. The third kappa shape index (κ3) is 4.31. The van der Waals surface area contributed by atoms with Crippen LogP contribution in [0.5, 0.6) is 0 Å². The van der Waals surface area contributed by atoms with Gasteiger partial charge in [0.25, 0.3) is 0 Å². The topological polar surface area (TPSA) is 55.4 Å². The number of halogens is 1. The lowest BCUT2D eigenvalue weighted by atomic mass is 10.1. The first-order valence-electron chi connectivity index (χ1n) is 8.82. The summed E-state index contributed by atoms with van der Waals surface area (Å²) >= 11 is 3.44. The molecule has 140 valence electrons. The molecule has 3 fully saturated rings. The van der Waals surface area contributed by atoms with Gasteiger partial charge in [0.15, 0.2) is 17.9 Å². The van der Waals surface area contributed by atoms with Gasteiger partial charge in [-0.25, -0.2) is 0 Å². The molecule has 3 rings (SSSR count). The van der Waals surface area contributed by atoms with Crippen molar-refractivity contribution in [2.24, 2.45) is 0 Å². The quantitative estimate of drug-likeness (QED) is 0.476. The number of unbranched alkanes of at least 4 members (excludes halogenated alkanes) is 2. The highest BCUT2D eigenvalue weighted by molar-refractivity contribution is 9.09. The minimum Gasteiger partial charge on any atom is -0.350 e. The van der Waals surface area contributed by atoms with Gasteiger partial charge in [-0.05, 0) is 40.5 Å². The van der Waals surface area contributed by atoms with E-state index >= 15 is 0 Å². The number of alkyl halides is 1. The van der Waals surface area contributed by atoms with Gasteiger partial charge in [-0.2, -0.15) is 0 Å². The van der Waals surface area contributed by atoms with Gasteiger partial charge in [0.1, 0.15) is 24.4 Å². The zero-order chi connectivity index (χ0) is 17.4. The van der Waals surface area contributed by atoms with Crippen molar-refractivity contribution in [3.63, 3.8) is 0 Å². The number of rotatable bonds is 7. The maximum absolute atomic E-state index is 6.12. The lowest BCUT2D eigenvalue weighted by Gasteiger charge is -2.27. The second kappa shape index (κ2) is 7.47. The van der Waals surface area contributed by atoms with E-state index in [4.69, 9.17) is 28.4 Å². The average molecular weight is 409 g/mol. The van der Waals surface area contributed by atoms with Crippen molar-refractivity contribution in [2.45, 2.75) is 89.2 Å². The van der Waals surface area contributed by atoms with E-state index in [1.807, 2.05) is 27.7 Å². The molecule has 0 N–H and O–H groups in total. The van der Waals surface area contributed by atoms with E-state index in [1.165, 1.54) is 0 Å². The summed E-state index contributed by atoms with van der Waals surface area (Å²) in [7, 11) is 0. The predicted molar refractivity (Wildman–Crippen MR) is 91.0 cm³/mol. The molecule has 0 bridgehead atoms. The molecular formula is C17H29BrO6. The zero-order valence-electron chi connectivity index (χ0n) is 15.0. The van der Waals surface area contributed by atoms with Crippen LogP contribution in [0.25, 0.3) is 0 Å². The summed E-state index contributed by atoms with van der Waals surface area (Å²) in [5, 5.41) is 1.03. The normalized spacial score (nSPS) is 40.1. The Labute approximate surface area is 152 Å². The zero-order valence-corrected chi connectivity index (χ0v) is 16.5. The largest absolute Gasteiger partial charge is 0.350 e. The van der Waals surface area contributed by atoms with Gasteiger partial charge in [-0.3, -0.25) is 0 Å². The van der Waals surface area contributed by atoms with Crippen LogP contribution in [0.2, 0.25) is 0 Å². The molecular weight excluding hydrogens is 380 g/mol. The van der Waals surface area contributed by atoms with Gasteiger partial charge < -0.3 is 28.4 Å². The third-order valence-electron chi connectivity index (χ3n) is 4.50. The van der Waals surface area contributed by atoms with Gasteiger partial charge in [-0.15, -0.1) is 0 Å². The van der Waals surface area contributed by atoms with E-state index < -0.39 is 17.9 Å². The molecule has 7 heteroatoms. The number of fused-ring (bicyclic) bond motifs is 1. The van der Waals surface area contributed by atoms with Gasteiger partial charge in [0.2, 0.25) is 0 Å². The molecule has 24 heavy (non-hydrogen) atoms. The van der Waals surface area contributed by atoms with Crippen LogP contribution in [0.1, 0.15) is 47.0 Å². The Morgan fingerprint density at radius 3 is 2.33 bits per heavy atom. The van der Waals surface area contributed by atoms with Gasteiger partial charge >= 0.3 is 0 Å². The van der Waals surface area contributed by atoms with Crippen LogP contribution in [0.15, 0.2) is 0 Å². The Bertz CT molecular complexity index is 429. The molecule has 0 aromatic carbocycles. The first kappa shape index (κ1) is 19.0. The summed E-state index contributed by atoms with van der Waals surface area (Å²) in [5.41, 5.74) is 0. The average Bonchev–Trinajstić information content (AvgIpc) is 3.10. The lowest BCUT2D eigenvalue weighted by Crippen LogP contribution is -2.40. The molecule has 0 unspecified atom stereocenters. The molecule has 0 aromatic rings. The Balaban J connectivity index is 1.60. The van der Waals surface area contributed by atoms with Gasteiger partial charge in [0.05, 0.1) is 6.61 Å². The number of ether oxygens (including phenoxy) is 6. The minimum atomic E-state index is -0.635. The highest BCUT2D eigenvalue weighted by atomic mass is 79.9. The molecule has 3 aliphatic rings. The van der Waals surface area contributed by atoms with Crippen LogP contribution < -0.4 is 0 Å². The molecule has 0 spiro atoms. The molecule has 0 radical (unpaired) electrons. The molecule has 5 atom stereocenters. The van der Waals surface area contributed by atoms with E-state index in [-0.39, 0.29) is 24.4 Å². The van der Waals surface area contributed by atoms with E-state index in [1.54, 1.807) is 0 Å². The highest BCUT2D eigenvalue weighted by Gasteiger charge is 2.59. The van der Waals surface area contributed by atoms with Crippen LogP contribution in [-0.4, -0.2) is 60.8 Å². The predicted octanol–water partition coefficient (Wildman–Crippen LogP) is 2.96. The SMILES string of the molecule is CC1(C)O[C@@H]2[C@H](O1)[C@@H](OCCCCCBr)O[C@@H]2[C@H]1COC(C)(C)O1. The van der Waals surface area contributed by atoms with Crippen LogP contribution in [0.4, 0.5) is 0 Å². The van der Waals surface area contributed by atoms with Crippen molar-refractivity contribution in [3.8, 4) is 0 Å². The Morgan fingerprint density at radius 1 is 0.917 bits per heavy atom. The second-order valence-corrected chi connectivity index (χ2v) is 8.31. The molecule has 0 aromatic heterocycles. The van der Waals surface area contributed by atoms with Gasteiger partial charge in [-0.1, -0.05) is 22.4 Å². The van der Waals surface area contributed by atoms with Crippen molar-refractivity contribution in [2.75, 3.05) is 18.5 Å². The fraction of sp³-hybridized carbons (Fsp3) is 1.00. The smallest absolute Gasteiger partial charge is 0.187 e. The van der Waals surface area contributed by atoms with Crippen molar-refractivity contribution in [1.82, 2.24) is 0 Å². The van der Waals surface area contributed by atoms with Crippen LogP contribution >= 0.6 is 15.9 Å². The minimum absolute atomic E-state index is 0.174. The Kier molecular flexibility index (Phi) is 5.91. The highest BCUT2D eigenvalue weighted by Crippen LogP contribution is 2.42. The fourth-order valence-corrected chi connectivity index (χ4v) is 3.87. The van der Waals surface area contributed by atoms with Crippen LogP contribution in [0, 0.1) is 0 Å². The maximum Gasteiger partial charge on any atom is 0.187 e. The third-order valence-corrected chi connectivity index (χ3v) is 5.06. The van der Waals surface area contributed by atoms with Crippen LogP contribution in [0.3, 0.4) is 0 Å². The molecule has 3 aliphatic heterocycles. The summed E-state index contributed by atoms with van der Waals surface area (Å²) < 4.78 is 35.8. The molecule has 3 saturated heterocycles. The first-order chi connectivity index (χ1) is 11.3. The van der Waals surface area contributed by atoms with Crippen molar-refractivity contribution >= 4 is 15.9 Å². The van der Waals surface area contributed by atoms with Gasteiger partial charge in [0, 0.05) is 11.9 Å². The van der Waals surface area contributed by atoms with E-state index in [0.29, 0.717) is 13.2 Å².